The number of rotatable bonds is 6. The second kappa shape index (κ2) is 7.95. The summed E-state index contributed by atoms with van der Waals surface area (Å²) in [7, 11) is 0. The Kier molecular flexibility index (Phi) is 6.24. The topological polar surface area (TPSA) is 38.3 Å². The van der Waals surface area contributed by atoms with Crippen LogP contribution in [0.2, 0.25) is 0 Å². The first-order chi connectivity index (χ1) is 10.1. The molecule has 1 saturated heterocycles. The van der Waals surface area contributed by atoms with Crippen LogP contribution >= 0.6 is 15.9 Å². The highest BCUT2D eigenvalue weighted by atomic mass is 79.9. The highest BCUT2D eigenvalue weighted by molar-refractivity contribution is 9.10. The molecule has 1 amide bonds. The molecular weight excluding hydrogens is 330 g/mol. The summed E-state index contributed by atoms with van der Waals surface area (Å²) in [4.78, 5) is 12.2. The van der Waals surface area contributed by atoms with Gasteiger partial charge in [0.25, 0.3) is 0 Å². The molecule has 2 atom stereocenters. The van der Waals surface area contributed by atoms with Crippen LogP contribution in [0, 0.1) is 5.92 Å². The van der Waals surface area contributed by atoms with Crippen molar-refractivity contribution in [3.8, 4) is 0 Å². The molecule has 0 aromatic heterocycles. The molecule has 0 radical (unpaired) electrons. The van der Waals surface area contributed by atoms with E-state index >= 15 is 0 Å². The first-order valence-electron chi connectivity index (χ1n) is 7.70. The summed E-state index contributed by atoms with van der Waals surface area (Å²) in [5, 5.41) is 3.02. The van der Waals surface area contributed by atoms with E-state index in [0.717, 1.165) is 23.9 Å². The highest BCUT2D eigenvalue weighted by Gasteiger charge is 2.21. The van der Waals surface area contributed by atoms with Crippen LogP contribution in [0.3, 0.4) is 0 Å². The fourth-order valence-corrected chi connectivity index (χ4v) is 3.02. The van der Waals surface area contributed by atoms with Crippen molar-refractivity contribution in [1.82, 2.24) is 5.32 Å². The van der Waals surface area contributed by atoms with Gasteiger partial charge < -0.3 is 10.1 Å². The Balaban J connectivity index is 1.89. The Hall–Kier alpha value is -0.870. The second-order valence-corrected chi connectivity index (χ2v) is 6.96. The maximum Gasteiger partial charge on any atom is 0.220 e. The van der Waals surface area contributed by atoms with Crippen LogP contribution in [0.25, 0.3) is 0 Å². The lowest BCUT2D eigenvalue weighted by atomic mass is 9.85. The van der Waals surface area contributed by atoms with E-state index in [0.29, 0.717) is 18.9 Å². The summed E-state index contributed by atoms with van der Waals surface area (Å²) in [5.74, 6) is 0.800. The van der Waals surface area contributed by atoms with E-state index < -0.39 is 0 Å². The van der Waals surface area contributed by atoms with Gasteiger partial charge >= 0.3 is 0 Å². The van der Waals surface area contributed by atoms with Gasteiger partial charge in [0.2, 0.25) is 5.91 Å². The number of nitrogens with one attached hydrogen (secondary N) is 1. The summed E-state index contributed by atoms with van der Waals surface area (Å²) in [6, 6.07) is 8.27. The van der Waals surface area contributed by atoms with Crippen LogP contribution in [0.1, 0.15) is 44.6 Å². The van der Waals surface area contributed by atoms with Crippen molar-refractivity contribution >= 4 is 21.8 Å². The van der Waals surface area contributed by atoms with Crippen molar-refractivity contribution in [2.45, 2.75) is 45.1 Å². The number of amides is 1. The minimum Gasteiger partial charge on any atom is -0.376 e. The zero-order valence-electron chi connectivity index (χ0n) is 12.8. The average molecular weight is 354 g/mol. The largest absolute Gasteiger partial charge is 0.376 e. The van der Waals surface area contributed by atoms with Crippen LogP contribution in [-0.2, 0) is 9.53 Å². The molecule has 3 nitrogen and oxygen atoms in total. The molecule has 1 aromatic rings. The lowest BCUT2D eigenvalue weighted by Gasteiger charge is -2.21. The third-order valence-electron chi connectivity index (χ3n) is 4.06. The average Bonchev–Trinajstić information content (AvgIpc) is 2.97. The van der Waals surface area contributed by atoms with Crippen LogP contribution in [0.4, 0.5) is 0 Å². The van der Waals surface area contributed by atoms with E-state index in [1.54, 1.807) is 0 Å². The van der Waals surface area contributed by atoms with Gasteiger partial charge in [-0.25, -0.2) is 0 Å². The van der Waals surface area contributed by atoms with Crippen molar-refractivity contribution in [3.63, 3.8) is 0 Å². The molecule has 2 rings (SSSR count). The van der Waals surface area contributed by atoms with Gasteiger partial charge in [-0.05, 0) is 42.4 Å². The third kappa shape index (κ3) is 5.11. The molecular formula is C17H24BrNO2. The molecule has 0 spiro atoms. The molecule has 1 N–H and O–H groups in total. The molecule has 4 heteroatoms. The zero-order chi connectivity index (χ0) is 15.2. The molecule has 21 heavy (non-hydrogen) atoms. The van der Waals surface area contributed by atoms with Gasteiger partial charge in [-0.1, -0.05) is 41.9 Å². The van der Waals surface area contributed by atoms with E-state index in [1.165, 1.54) is 5.56 Å². The minimum atomic E-state index is 0.118. The fraction of sp³-hybridized carbons (Fsp3) is 0.588. The number of hydrogen-bond donors (Lipinski definition) is 1. The number of hydrogen-bond acceptors (Lipinski definition) is 2. The van der Waals surface area contributed by atoms with Gasteiger partial charge in [0.1, 0.15) is 0 Å². The first kappa shape index (κ1) is 16.5. The summed E-state index contributed by atoms with van der Waals surface area (Å²) in [6.07, 6.45) is 2.90. The molecule has 1 fully saturated rings. The lowest BCUT2D eigenvalue weighted by Crippen LogP contribution is -2.33. The van der Waals surface area contributed by atoms with Gasteiger partial charge in [-0.3, -0.25) is 4.79 Å². The van der Waals surface area contributed by atoms with Gasteiger partial charge in [0.05, 0.1) is 6.10 Å². The van der Waals surface area contributed by atoms with Crippen molar-refractivity contribution in [1.29, 1.82) is 0 Å². The predicted octanol–water partition coefficient (Wildman–Crippen LogP) is 3.87. The van der Waals surface area contributed by atoms with E-state index in [1.807, 2.05) is 12.1 Å². The number of carbonyl (C=O) groups excluding carboxylic acids is 1. The van der Waals surface area contributed by atoms with Crippen molar-refractivity contribution in [2.75, 3.05) is 13.2 Å². The monoisotopic (exact) mass is 353 g/mol. The summed E-state index contributed by atoms with van der Waals surface area (Å²) in [6.45, 7) is 5.80. The van der Waals surface area contributed by atoms with Crippen molar-refractivity contribution < 1.29 is 9.53 Å². The molecule has 116 valence electrons. The second-order valence-electron chi connectivity index (χ2n) is 6.05. The lowest BCUT2D eigenvalue weighted by molar-refractivity contribution is -0.122. The SMILES string of the molecule is CC(C)C(CC(=O)NCC1CCCO1)c1ccc(Br)cc1. The summed E-state index contributed by atoms with van der Waals surface area (Å²) >= 11 is 3.45. The van der Waals surface area contributed by atoms with Crippen molar-refractivity contribution in [3.05, 3.63) is 34.3 Å². The molecule has 1 aromatic carbocycles. The number of ether oxygens (including phenoxy) is 1. The maximum atomic E-state index is 12.2. The highest BCUT2D eigenvalue weighted by Crippen LogP contribution is 2.28. The Labute approximate surface area is 135 Å². The minimum absolute atomic E-state index is 0.118. The summed E-state index contributed by atoms with van der Waals surface area (Å²) < 4.78 is 6.60. The van der Waals surface area contributed by atoms with E-state index in [9.17, 15) is 4.79 Å². The Morgan fingerprint density at radius 2 is 2.10 bits per heavy atom. The van der Waals surface area contributed by atoms with Gasteiger partial charge in [0, 0.05) is 24.0 Å². The van der Waals surface area contributed by atoms with E-state index in [4.69, 9.17) is 4.74 Å². The Bertz CT molecular complexity index is 452. The van der Waals surface area contributed by atoms with Gasteiger partial charge in [-0.2, -0.15) is 0 Å². The Morgan fingerprint density at radius 1 is 1.38 bits per heavy atom. The van der Waals surface area contributed by atoms with Gasteiger partial charge in [-0.15, -0.1) is 0 Å². The zero-order valence-corrected chi connectivity index (χ0v) is 14.4. The van der Waals surface area contributed by atoms with Crippen LogP contribution in [-0.4, -0.2) is 25.2 Å². The van der Waals surface area contributed by atoms with Crippen LogP contribution < -0.4 is 5.32 Å². The van der Waals surface area contributed by atoms with Gasteiger partial charge in [0.15, 0.2) is 0 Å². The van der Waals surface area contributed by atoms with Crippen molar-refractivity contribution in [2.24, 2.45) is 5.92 Å². The molecule has 0 aliphatic carbocycles. The number of carbonyl (C=O) groups is 1. The molecule has 1 aliphatic heterocycles. The van der Waals surface area contributed by atoms with Crippen LogP contribution in [0.15, 0.2) is 28.7 Å². The first-order valence-corrected chi connectivity index (χ1v) is 8.49. The number of halogens is 1. The smallest absolute Gasteiger partial charge is 0.220 e. The molecule has 0 bridgehead atoms. The van der Waals surface area contributed by atoms with Crippen LogP contribution in [0.5, 0.6) is 0 Å². The number of benzene rings is 1. The molecule has 2 unspecified atom stereocenters. The molecule has 0 saturated carbocycles. The normalized spacial score (nSPS) is 19.7. The Morgan fingerprint density at radius 3 is 2.67 bits per heavy atom. The predicted molar refractivity (Wildman–Crippen MR) is 88.3 cm³/mol. The fourth-order valence-electron chi connectivity index (χ4n) is 2.75. The standard InChI is InChI=1S/C17H24BrNO2/c1-12(2)16(13-5-7-14(18)8-6-13)10-17(20)19-11-15-4-3-9-21-15/h5-8,12,15-16H,3-4,9-11H2,1-2H3,(H,19,20). The van der Waals surface area contributed by atoms with E-state index in [2.05, 4.69) is 47.2 Å². The molecule has 1 heterocycles. The molecule has 1 aliphatic rings. The maximum absolute atomic E-state index is 12.2. The van der Waals surface area contributed by atoms with E-state index in [-0.39, 0.29) is 17.9 Å². The third-order valence-corrected chi connectivity index (χ3v) is 4.59. The quantitative estimate of drug-likeness (QED) is 0.842. The summed E-state index contributed by atoms with van der Waals surface area (Å²) in [5.41, 5.74) is 1.22.